The van der Waals surface area contributed by atoms with Gasteiger partial charge in [-0.15, -0.1) is 0 Å². The van der Waals surface area contributed by atoms with Crippen molar-refractivity contribution in [2.24, 2.45) is 5.92 Å². The average Bonchev–Trinajstić information content (AvgIpc) is 2.43. The van der Waals surface area contributed by atoms with Crippen molar-refractivity contribution in [1.29, 1.82) is 0 Å². The van der Waals surface area contributed by atoms with Gasteiger partial charge in [0.2, 0.25) is 5.91 Å². The first-order valence-corrected chi connectivity index (χ1v) is 6.46. The molecule has 2 atom stereocenters. The van der Waals surface area contributed by atoms with E-state index in [9.17, 15) is 4.79 Å². The van der Waals surface area contributed by atoms with Gasteiger partial charge in [0.25, 0.3) is 0 Å². The van der Waals surface area contributed by atoms with Crippen molar-refractivity contribution in [3.05, 3.63) is 29.8 Å². The van der Waals surface area contributed by atoms with E-state index in [1.165, 1.54) is 7.11 Å². The van der Waals surface area contributed by atoms with Gasteiger partial charge in [0.1, 0.15) is 11.9 Å². The third-order valence-electron chi connectivity index (χ3n) is 3.16. The monoisotopic (exact) mass is 265 g/mol. The number of benzene rings is 1. The molecule has 1 N–H and O–H groups in total. The maximum atomic E-state index is 11.9. The van der Waals surface area contributed by atoms with Crippen LogP contribution >= 0.6 is 0 Å². The number of carbonyl (C=O) groups excluding carboxylic acids is 1. The smallest absolute Gasteiger partial charge is 0.249 e. The second-order valence-corrected chi connectivity index (χ2v) is 4.88. The summed E-state index contributed by atoms with van der Waals surface area (Å²) in [5, 5.41) is 3.02. The van der Waals surface area contributed by atoms with E-state index in [1.807, 2.05) is 24.3 Å². The van der Waals surface area contributed by atoms with Crippen LogP contribution in [0.4, 0.5) is 0 Å². The van der Waals surface area contributed by atoms with Crippen LogP contribution < -0.4 is 10.1 Å². The number of amides is 1. The van der Waals surface area contributed by atoms with Gasteiger partial charge in [-0.25, -0.2) is 0 Å². The van der Waals surface area contributed by atoms with Gasteiger partial charge in [-0.3, -0.25) is 4.79 Å². The Labute approximate surface area is 115 Å². The standard InChI is InChI=1S/C15H23NO3/c1-10(2)14(16-15(17)11(3)18-4)12-6-8-13(19-5)9-7-12/h6-11,14H,1-5H3,(H,16,17)/t11-,14-/m0/s1. The van der Waals surface area contributed by atoms with E-state index in [0.717, 1.165) is 11.3 Å². The van der Waals surface area contributed by atoms with Crippen molar-refractivity contribution in [3.8, 4) is 5.75 Å². The minimum Gasteiger partial charge on any atom is -0.497 e. The second-order valence-electron chi connectivity index (χ2n) is 4.88. The van der Waals surface area contributed by atoms with Crippen molar-refractivity contribution in [2.75, 3.05) is 14.2 Å². The lowest BCUT2D eigenvalue weighted by Gasteiger charge is -2.24. The summed E-state index contributed by atoms with van der Waals surface area (Å²) >= 11 is 0. The molecular formula is C15H23NO3. The molecule has 4 nitrogen and oxygen atoms in total. The van der Waals surface area contributed by atoms with Crippen LogP contribution in [0.5, 0.6) is 5.75 Å². The predicted molar refractivity (Wildman–Crippen MR) is 75.2 cm³/mol. The number of methoxy groups -OCH3 is 2. The molecule has 0 aliphatic heterocycles. The molecule has 0 spiro atoms. The summed E-state index contributed by atoms with van der Waals surface area (Å²) in [5.41, 5.74) is 1.06. The number of nitrogens with one attached hydrogen (secondary N) is 1. The van der Waals surface area contributed by atoms with Gasteiger partial charge >= 0.3 is 0 Å². The van der Waals surface area contributed by atoms with Crippen LogP contribution in [0.3, 0.4) is 0 Å². The van der Waals surface area contributed by atoms with E-state index in [1.54, 1.807) is 14.0 Å². The van der Waals surface area contributed by atoms with E-state index in [2.05, 4.69) is 19.2 Å². The van der Waals surface area contributed by atoms with Gasteiger partial charge in [-0.05, 0) is 30.5 Å². The molecule has 0 aromatic heterocycles. The summed E-state index contributed by atoms with van der Waals surface area (Å²) in [4.78, 5) is 11.9. The first-order chi connectivity index (χ1) is 8.99. The Balaban J connectivity index is 2.84. The van der Waals surface area contributed by atoms with E-state index in [-0.39, 0.29) is 11.9 Å². The second kappa shape index (κ2) is 7.14. The summed E-state index contributed by atoms with van der Waals surface area (Å²) in [6.07, 6.45) is -0.445. The van der Waals surface area contributed by atoms with Crippen molar-refractivity contribution in [2.45, 2.75) is 32.9 Å². The van der Waals surface area contributed by atoms with Crippen LogP contribution in [0.1, 0.15) is 32.4 Å². The zero-order valence-electron chi connectivity index (χ0n) is 12.3. The Bertz CT molecular complexity index is 400. The van der Waals surface area contributed by atoms with Crippen molar-refractivity contribution >= 4 is 5.91 Å². The topological polar surface area (TPSA) is 47.6 Å². The first kappa shape index (κ1) is 15.5. The molecule has 19 heavy (non-hydrogen) atoms. The average molecular weight is 265 g/mol. The Morgan fingerprint density at radius 1 is 1.11 bits per heavy atom. The zero-order valence-corrected chi connectivity index (χ0v) is 12.3. The molecule has 0 bridgehead atoms. The lowest BCUT2D eigenvalue weighted by molar-refractivity contribution is -0.131. The molecule has 0 aliphatic rings. The molecule has 0 saturated heterocycles. The molecule has 0 radical (unpaired) electrons. The molecule has 0 aliphatic carbocycles. The Morgan fingerprint density at radius 2 is 1.68 bits per heavy atom. The number of ether oxygens (including phenoxy) is 2. The van der Waals surface area contributed by atoms with E-state index in [4.69, 9.17) is 9.47 Å². The van der Waals surface area contributed by atoms with Gasteiger partial charge in [0.05, 0.1) is 13.2 Å². The van der Waals surface area contributed by atoms with E-state index >= 15 is 0 Å². The highest BCUT2D eigenvalue weighted by atomic mass is 16.5. The number of rotatable bonds is 6. The molecule has 106 valence electrons. The number of carbonyl (C=O) groups is 1. The van der Waals surface area contributed by atoms with Crippen LogP contribution in [0.15, 0.2) is 24.3 Å². The van der Waals surface area contributed by atoms with Gasteiger partial charge < -0.3 is 14.8 Å². The van der Waals surface area contributed by atoms with Crippen molar-refractivity contribution < 1.29 is 14.3 Å². The highest BCUT2D eigenvalue weighted by molar-refractivity contribution is 5.80. The van der Waals surface area contributed by atoms with Crippen LogP contribution in [0.2, 0.25) is 0 Å². The van der Waals surface area contributed by atoms with E-state index < -0.39 is 6.10 Å². The molecule has 0 fully saturated rings. The van der Waals surface area contributed by atoms with Crippen molar-refractivity contribution in [1.82, 2.24) is 5.32 Å². The van der Waals surface area contributed by atoms with Crippen molar-refractivity contribution in [3.63, 3.8) is 0 Å². The first-order valence-electron chi connectivity index (χ1n) is 6.46. The van der Waals surface area contributed by atoms with Gasteiger partial charge in [-0.1, -0.05) is 26.0 Å². The summed E-state index contributed by atoms with van der Waals surface area (Å²) in [5.74, 6) is 1.00. The fourth-order valence-corrected chi connectivity index (χ4v) is 1.82. The quantitative estimate of drug-likeness (QED) is 0.860. The number of hydrogen-bond acceptors (Lipinski definition) is 3. The van der Waals surface area contributed by atoms with E-state index in [0.29, 0.717) is 5.92 Å². The molecular weight excluding hydrogens is 242 g/mol. The molecule has 1 rings (SSSR count). The Kier molecular flexibility index (Phi) is 5.83. The van der Waals surface area contributed by atoms with Gasteiger partial charge in [-0.2, -0.15) is 0 Å². The maximum absolute atomic E-state index is 11.9. The highest BCUT2D eigenvalue weighted by Gasteiger charge is 2.21. The Hall–Kier alpha value is -1.55. The largest absolute Gasteiger partial charge is 0.497 e. The lowest BCUT2D eigenvalue weighted by atomic mass is 9.95. The normalized spacial score (nSPS) is 14.0. The highest BCUT2D eigenvalue weighted by Crippen LogP contribution is 2.24. The minimum atomic E-state index is -0.445. The summed E-state index contributed by atoms with van der Waals surface area (Å²) in [7, 11) is 3.17. The van der Waals surface area contributed by atoms with Gasteiger partial charge in [0.15, 0.2) is 0 Å². The van der Waals surface area contributed by atoms with Crippen LogP contribution in [0.25, 0.3) is 0 Å². The molecule has 0 saturated carbocycles. The van der Waals surface area contributed by atoms with Gasteiger partial charge in [0, 0.05) is 7.11 Å². The SMILES string of the molecule is COc1ccc([C@@H](NC(=O)[C@H](C)OC)C(C)C)cc1. The minimum absolute atomic E-state index is 0.0315. The third kappa shape index (κ3) is 4.24. The zero-order chi connectivity index (χ0) is 14.4. The fourth-order valence-electron chi connectivity index (χ4n) is 1.82. The molecule has 1 aromatic carbocycles. The molecule has 1 aromatic rings. The molecule has 0 unspecified atom stereocenters. The van der Waals surface area contributed by atoms with Crippen LogP contribution in [-0.4, -0.2) is 26.2 Å². The molecule has 4 heteroatoms. The summed E-state index contributed by atoms with van der Waals surface area (Å²) in [6.45, 7) is 5.89. The lowest BCUT2D eigenvalue weighted by Crippen LogP contribution is -2.38. The third-order valence-corrected chi connectivity index (χ3v) is 3.16. The van der Waals surface area contributed by atoms with Crippen LogP contribution in [0, 0.1) is 5.92 Å². The Morgan fingerprint density at radius 3 is 2.11 bits per heavy atom. The number of hydrogen-bond donors (Lipinski definition) is 1. The summed E-state index contributed by atoms with van der Waals surface area (Å²) in [6, 6.07) is 7.71. The summed E-state index contributed by atoms with van der Waals surface area (Å²) < 4.78 is 10.2. The molecule has 0 heterocycles. The maximum Gasteiger partial charge on any atom is 0.249 e. The predicted octanol–water partition coefficient (Wildman–Crippen LogP) is 2.54. The van der Waals surface area contributed by atoms with Crippen LogP contribution in [-0.2, 0) is 9.53 Å². The fraction of sp³-hybridized carbons (Fsp3) is 0.533. The molecule has 1 amide bonds.